The summed E-state index contributed by atoms with van der Waals surface area (Å²) in [5, 5.41) is 8.74. The fourth-order valence-corrected chi connectivity index (χ4v) is 16.3. The van der Waals surface area contributed by atoms with Crippen molar-refractivity contribution in [1.29, 1.82) is 0 Å². The average molecular weight is 1270 g/mol. The molecule has 19 rings (SSSR count). The number of aryl methyl sites for hydroxylation is 2. The molecule has 0 bridgehead atoms. The second-order valence-electron chi connectivity index (χ2n) is 26.2. The lowest BCUT2D eigenvalue weighted by Crippen LogP contribution is -2.29. The summed E-state index contributed by atoms with van der Waals surface area (Å²) in [6.45, 7) is 4.36. The lowest BCUT2D eigenvalue weighted by molar-refractivity contribution is 0.670. The Kier molecular flexibility index (Phi) is 13.6. The molecular formula is C95H64N2O2. The van der Waals surface area contributed by atoms with Crippen LogP contribution in [0.3, 0.4) is 0 Å². The van der Waals surface area contributed by atoms with Gasteiger partial charge in [0.05, 0.1) is 28.2 Å². The topological polar surface area (TPSA) is 32.8 Å². The third kappa shape index (κ3) is 9.07. The molecule has 4 heteroatoms. The molecule has 2 aromatic heterocycles. The largest absolute Gasteiger partial charge is 0.453 e. The van der Waals surface area contributed by atoms with Gasteiger partial charge < -0.3 is 18.6 Å². The maximum atomic E-state index is 7.48. The highest BCUT2D eigenvalue weighted by molar-refractivity contribution is 6.21. The Morgan fingerprint density at radius 1 is 0.232 bits per heavy atom. The molecule has 0 aliphatic heterocycles. The first-order valence-electron chi connectivity index (χ1n) is 34.1. The fraction of sp³-hybridized carbons (Fsp3) is 0.0316. The molecule has 0 radical (unpaired) electrons. The van der Waals surface area contributed by atoms with Gasteiger partial charge in [-0.15, -0.1) is 0 Å². The van der Waals surface area contributed by atoms with Crippen LogP contribution in [-0.4, -0.2) is 0 Å². The number of hydrogen-bond acceptors (Lipinski definition) is 4. The Morgan fingerprint density at radius 2 is 0.535 bits per heavy atom. The number of rotatable bonds is 12. The zero-order valence-corrected chi connectivity index (χ0v) is 54.7. The summed E-state index contributed by atoms with van der Waals surface area (Å²) >= 11 is 0. The summed E-state index contributed by atoms with van der Waals surface area (Å²) in [5.74, 6) is 0. The van der Waals surface area contributed by atoms with Crippen molar-refractivity contribution in [1.82, 2.24) is 0 Å². The van der Waals surface area contributed by atoms with E-state index in [0.717, 1.165) is 155 Å². The minimum absolute atomic E-state index is 0.810. The lowest BCUT2D eigenvalue weighted by atomic mass is 9.67. The van der Waals surface area contributed by atoms with E-state index >= 15 is 0 Å². The van der Waals surface area contributed by atoms with E-state index in [9.17, 15) is 0 Å². The molecule has 99 heavy (non-hydrogen) atoms. The minimum Gasteiger partial charge on any atom is -0.453 e. The van der Waals surface area contributed by atoms with E-state index in [2.05, 4.69) is 375 Å². The molecule has 0 atom stereocenters. The second kappa shape index (κ2) is 23.3. The number of para-hydroxylation sites is 4. The van der Waals surface area contributed by atoms with E-state index < -0.39 is 5.41 Å². The molecule has 18 aromatic rings. The molecule has 4 nitrogen and oxygen atoms in total. The number of benzene rings is 16. The lowest BCUT2D eigenvalue weighted by Gasteiger charge is -2.36. The molecule has 16 aromatic carbocycles. The molecule has 466 valence electrons. The molecule has 0 unspecified atom stereocenters. The van der Waals surface area contributed by atoms with Crippen LogP contribution >= 0.6 is 0 Å². The zero-order chi connectivity index (χ0) is 65.7. The molecule has 1 aliphatic carbocycles. The summed E-state index contributed by atoms with van der Waals surface area (Å²) in [6, 6.07) is 129. The van der Waals surface area contributed by atoms with E-state index in [4.69, 9.17) is 8.83 Å². The molecule has 0 fully saturated rings. The van der Waals surface area contributed by atoms with Gasteiger partial charge in [-0.2, -0.15) is 0 Å². The standard InChI is InChI=1S/C95H64N2O2/c1-61-27-15-17-37-71(61)77-43-23-45-79-81-47-25-49-85(93(81)98-91(77)79)96(69-55-51-65(52-56-69)63-29-7-3-8-30-63)87-59-83-89(75-41-21-19-39-73(75)87)90-76-42-22-20-40-74(76)88(60-84(90)95(83,67-33-11-5-12-34-67)68-35-13-6-14-36-68)97(70-57-53-66(54-58-70)64-31-9-4-10-32-64)86-50-26-48-82-80-46-24-44-78(92(80)99-94(82)86)72-38-18-16-28-62(72)2/h3-60H,1-2H3. The normalized spacial score (nSPS) is 12.4. The number of fused-ring (bicyclic) bond motifs is 13. The van der Waals surface area contributed by atoms with E-state index in [1.54, 1.807) is 0 Å². The first-order chi connectivity index (χ1) is 49.0. The van der Waals surface area contributed by atoms with Crippen LogP contribution in [0.5, 0.6) is 0 Å². The number of furan rings is 2. The van der Waals surface area contributed by atoms with Crippen LogP contribution in [0.2, 0.25) is 0 Å². The van der Waals surface area contributed by atoms with Crippen molar-refractivity contribution >= 4 is 99.5 Å². The SMILES string of the molecule is Cc1ccccc1-c1cccc2c1oc1c(N(c3ccc(-c4ccccc4)cc3)c3cc4c(c5ccccc35)-c3c(cc(N(c5ccc(-c6ccccc6)cc5)c5cccc6c5oc5c(-c7ccccc7C)cccc56)c5ccccc35)C4(c3ccccc3)c3ccccc3)cccc12. The molecule has 0 N–H and O–H groups in total. The number of hydrogen-bond donors (Lipinski definition) is 0. The Hall–Kier alpha value is -12.8. The van der Waals surface area contributed by atoms with Crippen molar-refractivity contribution in [2.45, 2.75) is 19.3 Å². The van der Waals surface area contributed by atoms with Crippen LogP contribution < -0.4 is 9.80 Å². The summed E-state index contributed by atoms with van der Waals surface area (Å²) in [6.07, 6.45) is 0. The molecule has 1 aliphatic rings. The van der Waals surface area contributed by atoms with Gasteiger partial charge >= 0.3 is 0 Å². The van der Waals surface area contributed by atoms with Crippen molar-refractivity contribution in [2.75, 3.05) is 9.80 Å². The van der Waals surface area contributed by atoms with Crippen LogP contribution in [0.15, 0.2) is 361 Å². The molecule has 0 saturated heterocycles. The van der Waals surface area contributed by atoms with Gasteiger partial charge in [0.1, 0.15) is 11.2 Å². The van der Waals surface area contributed by atoms with E-state index in [1.165, 1.54) is 33.4 Å². The van der Waals surface area contributed by atoms with Crippen LogP contribution in [0, 0.1) is 13.8 Å². The highest BCUT2D eigenvalue weighted by Gasteiger charge is 2.49. The molecule has 0 amide bonds. The fourth-order valence-electron chi connectivity index (χ4n) is 16.3. The molecule has 2 heterocycles. The van der Waals surface area contributed by atoms with Crippen LogP contribution in [0.25, 0.3) is 121 Å². The Bertz CT molecular complexity index is 5790. The van der Waals surface area contributed by atoms with Crippen molar-refractivity contribution in [3.05, 3.63) is 385 Å². The summed E-state index contributed by atoms with van der Waals surface area (Å²) in [4.78, 5) is 4.95. The Labute approximate surface area is 574 Å². The quantitative estimate of drug-likeness (QED) is 0.122. The third-order valence-electron chi connectivity index (χ3n) is 20.8. The van der Waals surface area contributed by atoms with Gasteiger partial charge in [0, 0.05) is 54.8 Å². The molecule has 0 spiro atoms. The van der Waals surface area contributed by atoms with Gasteiger partial charge in [-0.1, -0.05) is 303 Å². The van der Waals surface area contributed by atoms with Crippen molar-refractivity contribution in [2.24, 2.45) is 0 Å². The number of nitrogens with zero attached hydrogens (tertiary/aromatic N) is 2. The van der Waals surface area contributed by atoms with Crippen LogP contribution in [0.1, 0.15) is 33.4 Å². The van der Waals surface area contributed by atoms with Gasteiger partial charge in [-0.05, 0) is 151 Å². The van der Waals surface area contributed by atoms with Crippen molar-refractivity contribution in [3.63, 3.8) is 0 Å². The smallest absolute Gasteiger partial charge is 0.159 e. The predicted octanol–water partition coefficient (Wildman–Crippen LogP) is 26.4. The van der Waals surface area contributed by atoms with E-state index in [-0.39, 0.29) is 0 Å². The summed E-state index contributed by atoms with van der Waals surface area (Å²) in [5.41, 5.74) is 26.8. The predicted molar refractivity (Wildman–Crippen MR) is 414 cm³/mol. The summed E-state index contributed by atoms with van der Waals surface area (Å²) in [7, 11) is 0. The van der Waals surface area contributed by atoms with Crippen molar-refractivity contribution < 1.29 is 8.83 Å². The minimum atomic E-state index is -0.905. The summed E-state index contributed by atoms with van der Waals surface area (Å²) < 4.78 is 15.0. The van der Waals surface area contributed by atoms with E-state index in [0.29, 0.717) is 0 Å². The third-order valence-corrected chi connectivity index (χ3v) is 20.8. The number of anilines is 6. The molecule has 0 saturated carbocycles. The van der Waals surface area contributed by atoms with Crippen LogP contribution in [0.4, 0.5) is 34.1 Å². The maximum absolute atomic E-state index is 7.48. The van der Waals surface area contributed by atoms with E-state index in [1.807, 2.05) is 0 Å². The van der Waals surface area contributed by atoms with Gasteiger partial charge in [0.2, 0.25) is 0 Å². The van der Waals surface area contributed by atoms with Gasteiger partial charge in [-0.25, -0.2) is 0 Å². The Morgan fingerprint density at radius 3 is 0.929 bits per heavy atom. The Balaban J connectivity index is 0.916. The zero-order valence-electron chi connectivity index (χ0n) is 54.7. The van der Waals surface area contributed by atoms with Crippen molar-refractivity contribution in [3.8, 4) is 55.6 Å². The second-order valence-corrected chi connectivity index (χ2v) is 26.2. The average Bonchev–Trinajstić information content (AvgIpc) is 1.51. The van der Waals surface area contributed by atoms with Gasteiger partial charge in [0.25, 0.3) is 0 Å². The highest BCUT2D eigenvalue weighted by Crippen LogP contribution is 2.63. The maximum Gasteiger partial charge on any atom is 0.159 e. The van der Waals surface area contributed by atoms with Gasteiger partial charge in [-0.3, -0.25) is 0 Å². The first-order valence-corrected chi connectivity index (χ1v) is 34.1. The molecular weight excluding hydrogens is 1200 g/mol. The highest BCUT2D eigenvalue weighted by atomic mass is 16.3. The van der Waals surface area contributed by atoms with Gasteiger partial charge in [0.15, 0.2) is 11.2 Å². The first kappa shape index (κ1) is 57.7. The monoisotopic (exact) mass is 1260 g/mol. The van der Waals surface area contributed by atoms with Crippen LogP contribution in [-0.2, 0) is 5.41 Å².